The highest BCUT2D eigenvalue weighted by molar-refractivity contribution is 6.17. The Morgan fingerprint density at radius 1 is 1.18 bits per heavy atom. The van der Waals surface area contributed by atoms with Gasteiger partial charge in [0, 0.05) is 24.9 Å². The highest BCUT2D eigenvalue weighted by Crippen LogP contribution is 2.37. The lowest BCUT2D eigenvalue weighted by molar-refractivity contribution is -0.141. The van der Waals surface area contributed by atoms with E-state index in [0.29, 0.717) is 5.91 Å². The molecule has 17 heavy (non-hydrogen) atoms. The molecule has 2 nitrogen and oxygen atoms in total. The van der Waals surface area contributed by atoms with Crippen LogP contribution < -0.4 is 0 Å². The molecule has 0 aliphatic heterocycles. The van der Waals surface area contributed by atoms with Crippen LogP contribution in [0.2, 0.25) is 0 Å². The summed E-state index contributed by atoms with van der Waals surface area (Å²) in [6, 6.07) is 0. The van der Waals surface area contributed by atoms with Gasteiger partial charge in [0.05, 0.1) is 0 Å². The Balaban J connectivity index is 2.34. The Morgan fingerprint density at radius 3 is 2.41 bits per heavy atom. The zero-order valence-corrected chi connectivity index (χ0v) is 12.1. The zero-order chi connectivity index (χ0) is 12.7. The lowest BCUT2D eigenvalue weighted by Gasteiger charge is -2.35. The molecule has 0 bridgehead atoms. The van der Waals surface area contributed by atoms with Gasteiger partial charge in [0.25, 0.3) is 0 Å². The van der Waals surface area contributed by atoms with Crippen LogP contribution in [0.3, 0.4) is 0 Å². The second-order valence-corrected chi connectivity index (χ2v) is 5.98. The van der Waals surface area contributed by atoms with E-state index >= 15 is 0 Å². The first-order valence-electron chi connectivity index (χ1n) is 6.92. The SMILES string of the molecule is CN(CCCCCCl)C(=O)C1(C)CCCCC1. The average Bonchev–Trinajstić information content (AvgIpc) is 2.34. The number of carbonyl (C=O) groups excluding carboxylic acids is 1. The summed E-state index contributed by atoms with van der Waals surface area (Å²) < 4.78 is 0. The maximum Gasteiger partial charge on any atom is 0.228 e. The van der Waals surface area contributed by atoms with E-state index in [4.69, 9.17) is 11.6 Å². The van der Waals surface area contributed by atoms with Gasteiger partial charge in [0.15, 0.2) is 0 Å². The van der Waals surface area contributed by atoms with Gasteiger partial charge < -0.3 is 4.90 Å². The molecule has 0 saturated heterocycles. The van der Waals surface area contributed by atoms with Crippen molar-refractivity contribution in [3.63, 3.8) is 0 Å². The van der Waals surface area contributed by atoms with Crippen LogP contribution in [0, 0.1) is 5.41 Å². The van der Waals surface area contributed by atoms with Gasteiger partial charge in [0.1, 0.15) is 0 Å². The third-order valence-corrected chi connectivity index (χ3v) is 4.21. The van der Waals surface area contributed by atoms with Crippen LogP contribution in [-0.2, 0) is 4.79 Å². The summed E-state index contributed by atoms with van der Waals surface area (Å²) in [5, 5.41) is 0. The number of nitrogens with zero attached hydrogens (tertiary/aromatic N) is 1. The number of halogens is 1. The van der Waals surface area contributed by atoms with Crippen LogP contribution in [0.25, 0.3) is 0 Å². The fraction of sp³-hybridized carbons (Fsp3) is 0.929. The van der Waals surface area contributed by atoms with Gasteiger partial charge in [-0.3, -0.25) is 4.79 Å². The van der Waals surface area contributed by atoms with E-state index in [1.54, 1.807) is 0 Å². The van der Waals surface area contributed by atoms with Crippen molar-refractivity contribution in [2.24, 2.45) is 5.41 Å². The summed E-state index contributed by atoms with van der Waals surface area (Å²) in [6.45, 7) is 3.02. The fourth-order valence-electron chi connectivity index (χ4n) is 2.73. The molecule has 0 aromatic rings. The van der Waals surface area contributed by atoms with E-state index in [-0.39, 0.29) is 5.41 Å². The summed E-state index contributed by atoms with van der Waals surface area (Å²) >= 11 is 5.64. The van der Waals surface area contributed by atoms with Crippen LogP contribution in [0.5, 0.6) is 0 Å². The summed E-state index contributed by atoms with van der Waals surface area (Å²) in [4.78, 5) is 14.3. The van der Waals surface area contributed by atoms with E-state index < -0.39 is 0 Å². The molecule has 0 aromatic carbocycles. The molecule has 0 radical (unpaired) electrons. The van der Waals surface area contributed by atoms with E-state index in [1.807, 2.05) is 11.9 Å². The molecule has 3 heteroatoms. The highest BCUT2D eigenvalue weighted by Gasteiger charge is 2.36. The fourth-order valence-corrected chi connectivity index (χ4v) is 2.92. The second kappa shape index (κ2) is 7.25. The van der Waals surface area contributed by atoms with Crippen molar-refractivity contribution in [2.45, 2.75) is 58.3 Å². The first-order valence-corrected chi connectivity index (χ1v) is 7.45. The largest absolute Gasteiger partial charge is 0.345 e. The van der Waals surface area contributed by atoms with Crippen molar-refractivity contribution >= 4 is 17.5 Å². The Hall–Kier alpha value is -0.240. The van der Waals surface area contributed by atoms with Crippen LogP contribution in [0.4, 0.5) is 0 Å². The van der Waals surface area contributed by atoms with E-state index in [0.717, 1.165) is 44.5 Å². The standard InChI is InChI=1S/C14H26ClNO/c1-14(9-5-3-6-10-14)13(17)16(2)12-8-4-7-11-15/h3-12H2,1-2H3. The van der Waals surface area contributed by atoms with E-state index in [2.05, 4.69) is 6.92 Å². The predicted octanol–water partition coefficient (Wildman–Crippen LogP) is 3.82. The Morgan fingerprint density at radius 2 is 1.82 bits per heavy atom. The first-order chi connectivity index (χ1) is 8.10. The second-order valence-electron chi connectivity index (χ2n) is 5.60. The number of hydrogen-bond acceptors (Lipinski definition) is 1. The molecular formula is C14H26ClNO. The maximum absolute atomic E-state index is 12.4. The van der Waals surface area contributed by atoms with Crippen molar-refractivity contribution in [3.8, 4) is 0 Å². The quantitative estimate of drug-likeness (QED) is 0.525. The molecule has 1 rings (SSSR count). The van der Waals surface area contributed by atoms with Gasteiger partial charge in [-0.05, 0) is 25.7 Å². The summed E-state index contributed by atoms with van der Waals surface area (Å²) in [6.07, 6.45) is 9.10. The van der Waals surface area contributed by atoms with Crippen LogP contribution >= 0.6 is 11.6 Å². The average molecular weight is 260 g/mol. The minimum absolute atomic E-state index is 0.0838. The van der Waals surface area contributed by atoms with Gasteiger partial charge in [-0.25, -0.2) is 0 Å². The van der Waals surface area contributed by atoms with Crippen molar-refractivity contribution in [1.82, 2.24) is 4.90 Å². The molecule has 1 fully saturated rings. The van der Waals surface area contributed by atoms with Crippen LogP contribution in [0.1, 0.15) is 58.3 Å². The Kier molecular flexibility index (Phi) is 6.32. The van der Waals surface area contributed by atoms with Crippen molar-refractivity contribution in [1.29, 1.82) is 0 Å². The summed E-state index contributed by atoms with van der Waals surface area (Å²) in [5.41, 5.74) is -0.0838. The number of alkyl halides is 1. The monoisotopic (exact) mass is 259 g/mol. The molecule has 1 aliphatic rings. The molecule has 0 spiro atoms. The van der Waals surface area contributed by atoms with Gasteiger partial charge in [0.2, 0.25) is 5.91 Å². The molecule has 1 saturated carbocycles. The molecule has 100 valence electrons. The van der Waals surface area contributed by atoms with Gasteiger partial charge in [-0.1, -0.05) is 32.6 Å². The third kappa shape index (κ3) is 4.50. The van der Waals surface area contributed by atoms with Crippen LogP contribution in [-0.4, -0.2) is 30.3 Å². The number of unbranched alkanes of at least 4 members (excludes halogenated alkanes) is 2. The molecular weight excluding hydrogens is 234 g/mol. The van der Waals surface area contributed by atoms with Crippen molar-refractivity contribution in [3.05, 3.63) is 0 Å². The number of amides is 1. The molecule has 0 unspecified atom stereocenters. The number of carbonyl (C=O) groups is 1. The number of rotatable bonds is 6. The summed E-state index contributed by atoms with van der Waals surface area (Å²) in [5.74, 6) is 1.08. The molecule has 0 aromatic heterocycles. The van der Waals surface area contributed by atoms with Crippen molar-refractivity contribution in [2.75, 3.05) is 19.5 Å². The normalized spacial score (nSPS) is 19.0. The van der Waals surface area contributed by atoms with Crippen molar-refractivity contribution < 1.29 is 4.79 Å². The lowest BCUT2D eigenvalue weighted by atomic mass is 9.74. The molecule has 1 amide bonds. The minimum Gasteiger partial charge on any atom is -0.345 e. The van der Waals surface area contributed by atoms with Gasteiger partial charge in [-0.15, -0.1) is 11.6 Å². The molecule has 0 atom stereocenters. The maximum atomic E-state index is 12.4. The molecule has 1 aliphatic carbocycles. The summed E-state index contributed by atoms with van der Waals surface area (Å²) in [7, 11) is 1.95. The Labute approximate surface area is 111 Å². The molecule has 0 N–H and O–H groups in total. The van der Waals surface area contributed by atoms with Gasteiger partial charge in [-0.2, -0.15) is 0 Å². The first kappa shape index (κ1) is 14.8. The van der Waals surface area contributed by atoms with Crippen LogP contribution in [0.15, 0.2) is 0 Å². The minimum atomic E-state index is -0.0838. The topological polar surface area (TPSA) is 20.3 Å². The molecule has 0 heterocycles. The van der Waals surface area contributed by atoms with E-state index in [9.17, 15) is 4.79 Å². The number of hydrogen-bond donors (Lipinski definition) is 0. The third-order valence-electron chi connectivity index (χ3n) is 3.95. The smallest absolute Gasteiger partial charge is 0.228 e. The highest BCUT2D eigenvalue weighted by atomic mass is 35.5. The predicted molar refractivity (Wildman–Crippen MR) is 73.4 cm³/mol. The lowest BCUT2D eigenvalue weighted by Crippen LogP contribution is -2.41. The van der Waals surface area contributed by atoms with E-state index in [1.165, 1.54) is 19.3 Å². The Bertz CT molecular complexity index is 236. The van der Waals surface area contributed by atoms with Gasteiger partial charge >= 0.3 is 0 Å². The zero-order valence-electron chi connectivity index (χ0n) is 11.3.